The molecular formula is C15H18N2O. The second-order valence-corrected chi connectivity index (χ2v) is 4.82. The van der Waals surface area contributed by atoms with Gasteiger partial charge in [0.15, 0.2) is 0 Å². The van der Waals surface area contributed by atoms with Crippen LogP contribution in [0.5, 0.6) is 5.75 Å². The average Bonchev–Trinajstić information content (AvgIpc) is 2.46. The molecule has 1 saturated heterocycles. The number of nitrogens with zero attached hydrogens (tertiary/aromatic N) is 1. The number of nitrogens with one attached hydrogen (secondary N) is 1. The van der Waals surface area contributed by atoms with Crippen LogP contribution in [0.1, 0.15) is 19.3 Å². The molecule has 0 bridgehead atoms. The van der Waals surface area contributed by atoms with Crippen LogP contribution in [0, 0.1) is 0 Å². The van der Waals surface area contributed by atoms with Gasteiger partial charge in [-0.15, -0.1) is 0 Å². The highest BCUT2D eigenvalue weighted by Gasteiger charge is 2.12. The topological polar surface area (TPSA) is 34.1 Å². The number of para-hydroxylation sites is 1. The summed E-state index contributed by atoms with van der Waals surface area (Å²) in [6.45, 7) is 1.85. The molecule has 1 fully saturated rings. The first-order valence-electron chi connectivity index (χ1n) is 6.63. The predicted molar refractivity (Wildman–Crippen MR) is 72.9 cm³/mol. The van der Waals surface area contributed by atoms with E-state index in [1.165, 1.54) is 19.3 Å². The highest BCUT2D eigenvalue weighted by atomic mass is 16.5. The second kappa shape index (κ2) is 5.36. The zero-order valence-corrected chi connectivity index (χ0v) is 10.4. The number of pyridine rings is 1. The number of rotatable bonds is 3. The van der Waals surface area contributed by atoms with Crippen molar-refractivity contribution in [3.63, 3.8) is 0 Å². The maximum absolute atomic E-state index is 5.83. The summed E-state index contributed by atoms with van der Waals surface area (Å²) < 4.78 is 5.83. The fourth-order valence-electron chi connectivity index (χ4n) is 2.39. The molecule has 0 aliphatic carbocycles. The summed E-state index contributed by atoms with van der Waals surface area (Å²) >= 11 is 0. The van der Waals surface area contributed by atoms with Crippen LogP contribution in [0.3, 0.4) is 0 Å². The lowest BCUT2D eigenvalue weighted by molar-refractivity contribution is 0.238. The molecule has 0 amide bonds. The van der Waals surface area contributed by atoms with Crippen LogP contribution >= 0.6 is 0 Å². The number of fused-ring (bicyclic) bond motifs is 1. The van der Waals surface area contributed by atoms with Gasteiger partial charge < -0.3 is 10.1 Å². The van der Waals surface area contributed by atoms with E-state index in [2.05, 4.69) is 22.4 Å². The Morgan fingerprint density at radius 2 is 2.22 bits per heavy atom. The summed E-state index contributed by atoms with van der Waals surface area (Å²) in [6.07, 6.45) is 5.61. The highest BCUT2D eigenvalue weighted by molar-refractivity contribution is 5.79. The van der Waals surface area contributed by atoms with Crippen molar-refractivity contribution in [3.05, 3.63) is 36.5 Å². The van der Waals surface area contributed by atoms with Crippen LogP contribution in [-0.2, 0) is 0 Å². The first-order valence-corrected chi connectivity index (χ1v) is 6.63. The summed E-state index contributed by atoms with van der Waals surface area (Å²) in [7, 11) is 0. The SMILES string of the molecule is c1ccc2ncc(OCC3CCCCN3)cc2c1. The first kappa shape index (κ1) is 11.5. The summed E-state index contributed by atoms with van der Waals surface area (Å²) in [4.78, 5) is 4.40. The first-order chi connectivity index (χ1) is 8.92. The molecular weight excluding hydrogens is 224 g/mol. The zero-order chi connectivity index (χ0) is 12.2. The lowest BCUT2D eigenvalue weighted by Gasteiger charge is -2.23. The average molecular weight is 242 g/mol. The molecule has 1 aromatic heterocycles. The standard InChI is InChI=1S/C15H18N2O/c1-2-7-15-12(5-1)9-14(10-17-15)18-11-13-6-3-4-8-16-13/h1-2,5,7,9-10,13,16H,3-4,6,8,11H2. The Kier molecular flexibility index (Phi) is 3.42. The molecule has 18 heavy (non-hydrogen) atoms. The molecule has 3 rings (SSSR count). The van der Waals surface area contributed by atoms with Crippen molar-refractivity contribution in [2.24, 2.45) is 0 Å². The molecule has 1 aliphatic rings. The molecule has 0 saturated carbocycles. The van der Waals surface area contributed by atoms with Crippen molar-refractivity contribution in [2.45, 2.75) is 25.3 Å². The summed E-state index contributed by atoms with van der Waals surface area (Å²) in [5.74, 6) is 0.862. The van der Waals surface area contributed by atoms with Crippen molar-refractivity contribution in [1.82, 2.24) is 10.3 Å². The molecule has 0 radical (unpaired) electrons. The fourth-order valence-corrected chi connectivity index (χ4v) is 2.39. The van der Waals surface area contributed by atoms with Gasteiger partial charge in [0.2, 0.25) is 0 Å². The van der Waals surface area contributed by atoms with E-state index >= 15 is 0 Å². The van der Waals surface area contributed by atoms with E-state index in [4.69, 9.17) is 4.74 Å². The molecule has 1 unspecified atom stereocenters. The van der Waals surface area contributed by atoms with E-state index in [1.807, 2.05) is 24.4 Å². The zero-order valence-electron chi connectivity index (χ0n) is 10.4. The third kappa shape index (κ3) is 2.62. The quantitative estimate of drug-likeness (QED) is 0.898. The number of hydrogen-bond acceptors (Lipinski definition) is 3. The van der Waals surface area contributed by atoms with Crippen molar-refractivity contribution >= 4 is 10.9 Å². The minimum absolute atomic E-state index is 0.491. The van der Waals surface area contributed by atoms with Gasteiger partial charge in [-0.1, -0.05) is 24.6 Å². The Bertz CT molecular complexity index is 521. The van der Waals surface area contributed by atoms with Crippen molar-refractivity contribution in [1.29, 1.82) is 0 Å². The number of piperidine rings is 1. The van der Waals surface area contributed by atoms with E-state index in [1.54, 1.807) is 0 Å². The number of benzene rings is 1. The van der Waals surface area contributed by atoms with Gasteiger partial charge in [0, 0.05) is 11.4 Å². The molecule has 3 nitrogen and oxygen atoms in total. The van der Waals surface area contributed by atoms with Crippen LogP contribution in [0.4, 0.5) is 0 Å². The van der Waals surface area contributed by atoms with Gasteiger partial charge in [-0.2, -0.15) is 0 Å². The molecule has 3 heteroatoms. The number of ether oxygens (including phenoxy) is 1. The largest absolute Gasteiger partial charge is 0.490 e. The second-order valence-electron chi connectivity index (χ2n) is 4.82. The summed E-state index contributed by atoms with van der Waals surface area (Å²) in [5.41, 5.74) is 1.01. The van der Waals surface area contributed by atoms with Gasteiger partial charge in [0.25, 0.3) is 0 Å². The molecule has 94 valence electrons. The highest BCUT2D eigenvalue weighted by Crippen LogP contribution is 2.18. The minimum atomic E-state index is 0.491. The molecule has 1 aromatic carbocycles. The van der Waals surface area contributed by atoms with Gasteiger partial charge in [-0.25, -0.2) is 0 Å². The van der Waals surface area contributed by atoms with Crippen LogP contribution in [0.25, 0.3) is 10.9 Å². The van der Waals surface area contributed by atoms with Crippen LogP contribution < -0.4 is 10.1 Å². The van der Waals surface area contributed by atoms with E-state index in [9.17, 15) is 0 Å². The van der Waals surface area contributed by atoms with Gasteiger partial charge in [-0.3, -0.25) is 4.98 Å². The van der Waals surface area contributed by atoms with E-state index in [0.717, 1.165) is 29.8 Å². The maximum Gasteiger partial charge on any atom is 0.138 e. The van der Waals surface area contributed by atoms with Crippen LogP contribution in [0.15, 0.2) is 36.5 Å². The fraction of sp³-hybridized carbons (Fsp3) is 0.400. The smallest absolute Gasteiger partial charge is 0.138 e. The maximum atomic E-state index is 5.83. The summed E-state index contributed by atoms with van der Waals surface area (Å²) in [5, 5.41) is 4.61. The molecule has 1 N–H and O–H groups in total. The van der Waals surface area contributed by atoms with Crippen molar-refractivity contribution < 1.29 is 4.74 Å². The Labute approximate surface area is 107 Å². The van der Waals surface area contributed by atoms with Crippen molar-refractivity contribution in [3.8, 4) is 5.75 Å². The predicted octanol–water partition coefficient (Wildman–Crippen LogP) is 2.76. The molecule has 2 aromatic rings. The Hall–Kier alpha value is -1.61. The van der Waals surface area contributed by atoms with Gasteiger partial charge in [0.05, 0.1) is 11.7 Å². The van der Waals surface area contributed by atoms with Crippen molar-refractivity contribution in [2.75, 3.05) is 13.2 Å². The van der Waals surface area contributed by atoms with E-state index < -0.39 is 0 Å². The van der Waals surface area contributed by atoms with Gasteiger partial charge in [-0.05, 0) is 31.5 Å². The normalized spacial score (nSPS) is 19.9. The summed E-state index contributed by atoms with van der Waals surface area (Å²) in [6, 6.07) is 10.7. The van der Waals surface area contributed by atoms with Crippen LogP contribution in [-0.4, -0.2) is 24.2 Å². The van der Waals surface area contributed by atoms with E-state index in [-0.39, 0.29) is 0 Å². The van der Waals surface area contributed by atoms with Gasteiger partial charge in [0.1, 0.15) is 12.4 Å². The number of aromatic nitrogens is 1. The monoisotopic (exact) mass is 242 g/mol. The van der Waals surface area contributed by atoms with Crippen LogP contribution in [0.2, 0.25) is 0 Å². The third-order valence-corrected chi connectivity index (χ3v) is 3.43. The molecule has 1 atom stereocenters. The Morgan fingerprint density at radius 1 is 1.28 bits per heavy atom. The molecule has 2 heterocycles. The molecule has 0 spiro atoms. The minimum Gasteiger partial charge on any atom is -0.490 e. The van der Waals surface area contributed by atoms with Gasteiger partial charge >= 0.3 is 0 Å². The Balaban J connectivity index is 1.66. The molecule has 1 aliphatic heterocycles. The third-order valence-electron chi connectivity index (χ3n) is 3.43. The lowest BCUT2D eigenvalue weighted by atomic mass is 10.1. The van der Waals surface area contributed by atoms with E-state index in [0.29, 0.717) is 6.04 Å². The Morgan fingerprint density at radius 3 is 3.11 bits per heavy atom. The lowest BCUT2D eigenvalue weighted by Crippen LogP contribution is -2.38. The number of hydrogen-bond donors (Lipinski definition) is 1.